The number of ether oxygens (including phenoxy) is 1. The van der Waals surface area contributed by atoms with Gasteiger partial charge in [0.2, 0.25) is 0 Å². The van der Waals surface area contributed by atoms with E-state index in [0.717, 1.165) is 31.7 Å². The van der Waals surface area contributed by atoms with Gasteiger partial charge < -0.3 is 20.5 Å². The zero-order valence-electron chi connectivity index (χ0n) is 13.4. The number of benzene rings is 1. The van der Waals surface area contributed by atoms with Gasteiger partial charge in [-0.25, -0.2) is 9.78 Å². The Morgan fingerprint density at radius 1 is 1.29 bits per heavy atom. The molecule has 126 valence electrons. The highest BCUT2D eigenvalue weighted by molar-refractivity contribution is 5.87. The number of nitrogens with two attached hydrogens (primary N) is 1. The molecule has 24 heavy (non-hydrogen) atoms. The molecular formula is C18H21N3O3. The lowest BCUT2D eigenvalue weighted by Crippen LogP contribution is -2.36. The molecule has 6 nitrogen and oxygen atoms in total. The molecule has 1 aromatic carbocycles. The second kappa shape index (κ2) is 7.21. The fourth-order valence-electron chi connectivity index (χ4n) is 2.85. The van der Waals surface area contributed by atoms with E-state index < -0.39 is 5.97 Å². The second-order valence-electron chi connectivity index (χ2n) is 6.02. The van der Waals surface area contributed by atoms with Crippen LogP contribution in [0.1, 0.15) is 23.2 Å². The van der Waals surface area contributed by atoms with Crippen LogP contribution in [0.15, 0.2) is 42.6 Å². The van der Waals surface area contributed by atoms with Crippen molar-refractivity contribution in [2.24, 2.45) is 5.92 Å². The standard InChI is InChI=1S/C18H21N3O3/c19-15-4-5-17(20-11-15)21-8-6-13(7-9-21)12-24-16-3-1-2-14(10-16)18(22)23/h1-5,10-11,13H,6-9,12,19H2,(H,22,23). The third kappa shape index (κ3) is 3.95. The maximum Gasteiger partial charge on any atom is 0.335 e. The monoisotopic (exact) mass is 327 g/mol. The Morgan fingerprint density at radius 2 is 2.08 bits per heavy atom. The molecule has 1 aliphatic heterocycles. The number of nitrogens with zero attached hydrogens (tertiary/aromatic N) is 2. The van der Waals surface area contributed by atoms with Crippen molar-refractivity contribution in [3.63, 3.8) is 0 Å². The lowest BCUT2D eigenvalue weighted by atomic mass is 9.98. The molecule has 0 unspecified atom stereocenters. The highest BCUT2D eigenvalue weighted by Gasteiger charge is 2.20. The van der Waals surface area contributed by atoms with Crippen molar-refractivity contribution in [1.82, 2.24) is 4.98 Å². The number of hydrogen-bond donors (Lipinski definition) is 2. The first-order valence-electron chi connectivity index (χ1n) is 8.04. The van der Waals surface area contributed by atoms with Crippen LogP contribution in [0, 0.1) is 5.92 Å². The number of aromatic nitrogens is 1. The summed E-state index contributed by atoms with van der Waals surface area (Å²) in [5, 5.41) is 9.01. The smallest absolute Gasteiger partial charge is 0.335 e. The summed E-state index contributed by atoms with van der Waals surface area (Å²) in [7, 11) is 0. The van der Waals surface area contributed by atoms with E-state index in [4.69, 9.17) is 15.6 Å². The third-order valence-corrected chi connectivity index (χ3v) is 4.28. The van der Waals surface area contributed by atoms with Crippen molar-refractivity contribution < 1.29 is 14.6 Å². The van der Waals surface area contributed by atoms with Crippen molar-refractivity contribution >= 4 is 17.5 Å². The van der Waals surface area contributed by atoms with E-state index in [1.165, 1.54) is 0 Å². The summed E-state index contributed by atoms with van der Waals surface area (Å²) in [5.41, 5.74) is 6.59. The van der Waals surface area contributed by atoms with Gasteiger partial charge in [-0.2, -0.15) is 0 Å². The van der Waals surface area contributed by atoms with Crippen molar-refractivity contribution in [1.29, 1.82) is 0 Å². The zero-order valence-corrected chi connectivity index (χ0v) is 13.4. The van der Waals surface area contributed by atoms with E-state index in [2.05, 4.69) is 9.88 Å². The van der Waals surface area contributed by atoms with Crippen LogP contribution >= 0.6 is 0 Å². The molecule has 0 spiro atoms. The molecule has 3 rings (SSSR count). The number of rotatable bonds is 5. The lowest BCUT2D eigenvalue weighted by Gasteiger charge is -2.32. The Labute approximate surface area is 140 Å². The normalized spacial score (nSPS) is 15.2. The van der Waals surface area contributed by atoms with Gasteiger partial charge in [-0.15, -0.1) is 0 Å². The topological polar surface area (TPSA) is 88.7 Å². The molecule has 6 heteroatoms. The number of carbonyl (C=O) groups is 1. The zero-order chi connectivity index (χ0) is 16.9. The average Bonchev–Trinajstić information content (AvgIpc) is 2.61. The Kier molecular flexibility index (Phi) is 4.84. The molecule has 0 amide bonds. The first kappa shape index (κ1) is 16.1. The van der Waals surface area contributed by atoms with Crippen LogP contribution in [0.4, 0.5) is 11.5 Å². The highest BCUT2D eigenvalue weighted by atomic mass is 16.5. The summed E-state index contributed by atoms with van der Waals surface area (Å²) in [6, 6.07) is 10.4. The van der Waals surface area contributed by atoms with Gasteiger partial charge >= 0.3 is 5.97 Å². The van der Waals surface area contributed by atoms with Gasteiger partial charge in [-0.3, -0.25) is 0 Å². The summed E-state index contributed by atoms with van der Waals surface area (Å²) in [6.07, 6.45) is 3.72. The fraction of sp³-hybridized carbons (Fsp3) is 0.333. The van der Waals surface area contributed by atoms with E-state index in [0.29, 0.717) is 24.0 Å². The average molecular weight is 327 g/mol. The minimum atomic E-state index is -0.940. The van der Waals surface area contributed by atoms with Crippen molar-refractivity contribution in [3.05, 3.63) is 48.2 Å². The highest BCUT2D eigenvalue weighted by Crippen LogP contribution is 2.23. The number of aromatic carboxylic acids is 1. The number of piperidine rings is 1. The SMILES string of the molecule is Nc1ccc(N2CCC(COc3cccc(C(=O)O)c3)CC2)nc1. The summed E-state index contributed by atoms with van der Waals surface area (Å²) >= 11 is 0. The number of carboxylic acid groups (broad SMARTS) is 1. The van der Waals surface area contributed by atoms with Gasteiger partial charge in [0.15, 0.2) is 0 Å². The molecule has 3 N–H and O–H groups in total. The molecular weight excluding hydrogens is 306 g/mol. The van der Waals surface area contributed by atoms with Gasteiger partial charge in [0.1, 0.15) is 11.6 Å². The number of hydrogen-bond acceptors (Lipinski definition) is 5. The van der Waals surface area contributed by atoms with Gasteiger partial charge in [-0.05, 0) is 49.1 Å². The molecule has 0 radical (unpaired) electrons. The quantitative estimate of drug-likeness (QED) is 0.877. The van der Waals surface area contributed by atoms with Gasteiger partial charge in [-0.1, -0.05) is 6.07 Å². The van der Waals surface area contributed by atoms with Crippen molar-refractivity contribution in [2.75, 3.05) is 30.3 Å². The minimum Gasteiger partial charge on any atom is -0.493 e. The first-order chi connectivity index (χ1) is 11.6. The molecule has 2 heterocycles. The van der Waals surface area contributed by atoms with E-state index in [9.17, 15) is 4.79 Å². The number of anilines is 2. The van der Waals surface area contributed by atoms with Crippen LogP contribution < -0.4 is 15.4 Å². The molecule has 1 fully saturated rings. The van der Waals surface area contributed by atoms with E-state index >= 15 is 0 Å². The summed E-state index contributed by atoms with van der Waals surface area (Å²) in [5.74, 6) is 1.09. The maximum absolute atomic E-state index is 11.0. The number of pyridine rings is 1. The Hall–Kier alpha value is -2.76. The van der Waals surface area contributed by atoms with Crippen LogP contribution in [0.25, 0.3) is 0 Å². The van der Waals surface area contributed by atoms with Crippen molar-refractivity contribution in [2.45, 2.75) is 12.8 Å². The van der Waals surface area contributed by atoms with Gasteiger partial charge in [0.05, 0.1) is 24.1 Å². The number of carboxylic acids is 1. The molecule has 0 saturated carbocycles. The second-order valence-corrected chi connectivity index (χ2v) is 6.02. The summed E-state index contributed by atoms with van der Waals surface area (Å²) in [6.45, 7) is 2.46. The molecule has 2 aromatic rings. The molecule has 0 bridgehead atoms. The summed E-state index contributed by atoms with van der Waals surface area (Å²) in [4.78, 5) is 17.6. The first-order valence-corrected chi connectivity index (χ1v) is 8.04. The Bertz CT molecular complexity index is 695. The van der Waals surface area contributed by atoms with Crippen LogP contribution in [0.2, 0.25) is 0 Å². The van der Waals surface area contributed by atoms with E-state index in [-0.39, 0.29) is 5.56 Å². The molecule has 0 aliphatic carbocycles. The summed E-state index contributed by atoms with van der Waals surface area (Å²) < 4.78 is 5.78. The van der Waals surface area contributed by atoms with Crippen LogP contribution in [-0.2, 0) is 0 Å². The predicted molar refractivity (Wildman–Crippen MR) is 92.5 cm³/mol. The van der Waals surface area contributed by atoms with Gasteiger partial charge in [0.25, 0.3) is 0 Å². The van der Waals surface area contributed by atoms with Crippen molar-refractivity contribution in [3.8, 4) is 5.75 Å². The molecule has 0 atom stereocenters. The maximum atomic E-state index is 11.0. The largest absolute Gasteiger partial charge is 0.493 e. The van der Waals surface area contributed by atoms with Gasteiger partial charge in [0, 0.05) is 13.1 Å². The molecule has 1 saturated heterocycles. The third-order valence-electron chi connectivity index (χ3n) is 4.28. The Balaban J connectivity index is 1.50. The predicted octanol–water partition coefficient (Wildman–Crippen LogP) is 2.66. The lowest BCUT2D eigenvalue weighted by molar-refractivity contribution is 0.0696. The fourth-order valence-corrected chi connectivity index (χ4v) is 2.85. The van der Waals surface area contributed by atoms with Crippen LogP contribution in [-0.4, -0.2) is 35.8 Å². The Morgan fingerprint density at radius 3 is 2.75 bits per heavy atom. The molecule has 1 aliphatic rings. The van der Waals surface area contributed by atoms with Crippen LogP contribution in [0.5, 0.6) is 5.75 Å². The van der Waals surface area contributed by atoms with E-state index in [1.54, 1.807) is 30.5 Å². The number of nitrogen functional groups attached to an aromatic ring is 1. The van der Waals surface area contributed by atoms with Crippen LogP contribution in [0.3, 0.4) is 0 Å². The molecule has 1 aromatic heterocycles. The minimum absolute atomic E-state index is 0.247. The van der Waals surface area contributed by atoms with E-state index in [1.807, 2.05) is 12.1 Å².